The fourth-order valence-corrected chi connectivity index (χ4v) is 2.03. The van der Waals surface area contributed by atoms with Crippen molar-refractivity contribution in [2.75, 3.05) is 13.1 Å². The maximum Gasteiger partial charge on any atom is 0.123 e. The molecule has 1 saturated heterocycles. The van der Waals surface area contributed by atoms with Gasteiger partial charge in [0.2, 0.25) is 0 Å². The monoisotopic (exact) mass is 228 g/mol. The second kappa shape index (κ2) is 4.47. The number of hydrogen-bond acceptors (Lipinski definition) is 2. The van der Waals surface area contributed by atoms with Crippen molar-refractivity contribution < 1.29 is 4.39 Å². The van der Waals surface area contributed by atoms with Crippen molar-refractivity contribution in [2.24, 2.45) is 5.73 Å². The summed E-state index contributed by atoms with van der Waals surface area (Å²) in [7, 11) is 0. The number of halogens is 2. The predicted molar refractivity (Wildman–Crippen MR) is 59.3 cm³/mol. The van der Waals surface area contributed by atoms with Crippen LogP contribution in [0.1, 0.15) is 12.0 Å². The maximum atomic E-state index is 13.0. The highest BCUT2D eigenvalue weighted by Crippen LogP contribution is 2.24. The van der Waals surface area contributed by atoms with Gasteiger partial charge in [-0.25, -0.2) is 4.39 Å². The highest BCUT2D eigenvalue weighted by Gasteiger charge is 2.26. The van der Waals surface area contributed by atoms with E-state index in [0.717, 1.165) is 18.5 Å². The topological polar surface area (TPSA) is 29.3 Å². The molecule has 0 amide bonds. The molecule has 0 spiro atoms. The summed E-state index contributed by atoms with van der Waals surface area (Å²) in [5, 5.41) is 0.624. The van der Waals surface area contributed by atoms with Crippen molar-refractivity contribution in [2.45, 2.75) is 19.0 Å². The van der Waals surface area contributed by atoms with Crippen LogP contribution < -0.4 is 5.73 Å². The Morgan fingerprint density at radius 3 is 2.93 bits per heavy atom. The molecule has 1 aromatic rings. The fraction of sp³-hybridized carbons (Fsp3) is 0.455. The Labute approximate surface area is 93.8 Å². The van der Waals surface area contributed by atoms with E-state index in [4.69, 9.17) is 17.3 Å². The summed E-state index contributed by atoms with van der Waals surface area (Å²) >= 11 is 5.99. The first-order chi connectivity index (χ1) is 7.20. The molecule has 1 aliphatic rings. The Kier molecular flexibility index (Phi) is 3.24. The summed E-state index contributed by atoms with van der Waals surface area (Å²) in [6.07, 6.45) is 1.13. The zero-order chi connectivity index (χ0) is 10.8. The van der Waals surface area contributed by atoms with Gasteiger partial charge in [-0.15, -0.1) is 0 Å². The Morgan fingerprint density at radius 2 is 2.33 bits per heavy atom. The van der Waals surface area contributed by atoms with Crippen LogP contribution in [-0.4, -0.2) is 24.0 Å². The molecule has 0 bridgehead atoms. The first-order valence-corrected chi connectivity index (χ1v) is 5.46. The van der Waals surface area contributed by atoms with Gasteiger partial charge >= 0.3 is 0 Å². The molecule has 0 radical (unpaired) electrons. The van der Waals surface area contributed by atoms with Gasteiger partial charge in [-0.3, -0.25) is 4.90 Å². The molecule has 1 heterocycles. The van der Waals surface area contributed by atoms with E-state index in [9.17, 15) is 4.39 Å². The summed E-state index contributed by atoms with van der Waals surface area (Å²) in [5.74, 6) is -0.237. The van der Waals surface area contributed by atoms with E-state index in [2.05, 4.69) is 4.90 Å². The van der Waals surface area contributed by atoms with Gasteiger partial charge in [0.1, 0.15) is 5.82 Å². The Balaban J connectivity index is 2.07. The third kappa shape index (κ3) is 2.30. The molecule has 1 unspecified atom stereocenters. The van der Waals surface area contributed by atoms with Crippen molar-refractivity contribution in [3.05, 3.63) is 34.6 Å². The predicted octanol–water partition coefficient (Wildman–Crippen LogP) is 2.01. The maximum absolute atomic E-state index is 13.0. The van der Waals surface area contributed by atoms with Crippen LogP contribution in [0.15, 0.2) is 18.2 Å². The van der Waals surface area contributed by atoms with Crippen LogP contribution in [0.2, 0.25) is 5.02 Å². The van der Waals surface area contributed by atoms with Gasteiger partial charge in [0.15, 0.2) is 0 Å². The quantitative estimate of drug-likeness (QED) is 0.858. The number of nitrogens with two attached hydrogens (primary N) is 1. The molecule has 1 aromatic carbocycles. The lowest BCUT2D eigenvalue weighted by atomic mass is 10.0. The zero-order valence-electron chi connectivity index (χ0n) is 8.42. The van der Waals surface area contributed by atoms with E-state index >= 15 is 0 Å². The molecule has 2 rings (SSSR count). The molecule has 1 fully saturated rings. The van der Waals surface area contributed by atoms with Crippen LogP contribution in [0.5, 0.6) is 0 Å². The van der Waals surface area contributed by atoms with Gasteiger partial charge in [-0.1, -0.05) is 11.6 Å². The number of benzene rings is 1. The third-order valence-electron chi connectivity index (χ3n) is 2.92. The lowest BCUT2D eigenvalue weighted by molar-refractivity contribution is 0.0881. The van der Waals surface area contributed by atoms with Crippen molar-refractivity contribution in [1.29, 1.82) is 0 Å². The van der Waals surface area contributed by atoms with E-state index in [1.807, 2.05) is 0 Å². The molecule has 2 nitrogen and oxygen atoms in total. The van der Waals surface area contributed by atoms with Crippen LogP contribution in [0.4, 0.5) is 4.39 Å². The van der Waals surface area contributed by atoms with Crippen LogP contribution in [-0.2, 0) is 6.54 Å². The standard InChI is InChI=1S/C11H14ClFN2/c12-11-2-1-9(13)5-8(11)7-15-4-3-10(15)6-14/h1-2,5,10H,3-4,6-7,14H2. The molecular formula is C11H14ClFN2. The van der Waals surface area contributed by atoms with Crippen LogP contribution in [0.25, 0.3) is 0 Å². The van der Waals surface area contributed by atoms with Gasteiger partial charge in [0.05, 0.1) is 0 Å². The minimum atomic E-state index is -0.237. The molecule has 2 N–H and O–H groups in total. The summed E-state index contributed by atoms with van der Waals surface area (Å²) in [5.41, 5.74) is 6.44. The van der Waals surface area contributed by atoms with Gasteiger partial charge in [0, 0.05) is 30.7 Å². The third-order valence-corrected chi connectivity index (χ3v) is 3.29. The van der Waals surface area contributed by atoms with Crippen molar-refractivity contribution in [3.63, 3.8) is 0 Å². The Bertz CT molecular complexity index is 354. The van der Waals surface area contributed by atoms with E-state index in [1.54, 1.807) is 6.07 Å². The molecule has 1 atom stereocenters. The van der Waals surface area contributed by atoms with Crippen LogP contribution in [0.3, 0.4) is 0 Å². The molecule has 0 aliphatic carbocycles. The Hall–Kier alpha value is -0.640. The van der Waals surface area contributed by atoms with E-state index in [1.165, 1.54) is 12.1 Å². The first kappa shape index (κ1) is 10.9. The largest absolute Gasteiger partial charge is 0.329 e. The van der Waals surface area contributed by atoms with Gasteiger partial charge < -0.3 is 5.73 Å². The number of likely N-dealkylation sites (tertiary alicyclic amines) is 1. The number of hydrogen-bond donors (Lipinski definition) is 1. The lowest BCUT2D eigenvalue weighted by Gasteiger charge is -2.40. The molecule has 82 valence electrons. The molecule has 0 saturated carbocycles. The van der Waals surface area contributed by atoms with Gasteiger partial charge in [-0.2, -0.15) is 0 Å². The SMILES string of the molecule is NCC1CCN1Cc1cc(F)ccc1Cl. The van der Waals surface area contributed by atoms with Crippen LogP contribution in [0, 0.1) is 5.82 Å². The molecule has 4 heteroatoms. The fourth-order valence-electron chi connectivity index (χ4n) is 1.85. The minimum absolute atomic E-state index is 0.237. The summed E-state index contributed by atoms with van der Waals surface area (Å²) in [6, 6.07) is 4.91. The van der Waals surface area contributed by atoms with Crippen LogP contribution >= 0.6 is 11.6 Å². The summed E-state index contributed by atoms with van der Waals surface area (Å²) < 4.78 is 13.0. The minimum Gasteiger partial charge on any atom is -0.329 e. The van der Waals surface area contributed by atoms with E-state index in [0.29, 0.717) is 24.2 Å². The highest BCUT2D eigenvalue weighted by atomic mass is 35.5. The van der Waals surface area contributed by atoms with E-state index < -0.39 is 0 Å². The second-order valence-corrected chi connectivity index (χ2v) is 4.29. The number of rotatable bonds is 3. The van der Waals surface area contributed by atoms with Crippen molar-refractivity contribution in [3.8, 4) is 0 Å². The smallest absolute Gasteiger partial charge is 0.123 e. The molecule has 0 aromatic heterocycles. The summed E-state index contributed by atoms with van der Waals surface area (Å²) in [4.78, 5) is 2.22. The van der Waals surface area contributed by atoms with Gasteiger partial charge in [-0.05, 0) is 30.2 Å². The van der Waals surface area contributed by atoms with Crippen molar-refractivity contribution >= 4 is 11.6 Å². The van der Waals surface area contributed by atoms with Crippen molar-refractivity contribution in [1.82, 2.24) is 4.90 Å². The average molecular weight is 229 g/mol. The molecule has 15 heavy (non-hydrogen) atoms. The molecule has 1 aliphatic heterocycles. The number of nitrogens with zero attached hydrogens (tertiary/aromatic N) is 1. The second-order valence-electron chi connectivity index (χ2n) is 3.88. The molecular weight excluding hydrogens is 215 g/mol. The van der Waals surface area contributed by atoms with Gasteiger partial charge in [0.25, 0.3) is 0 Å². The summed E-state index contributed by atoms with van der Waals surface area (Å²) in [6.45, 7) is 2.38. The lowest BCUT2D eigenvalue weighted by Crippen LogP contribution is -2.50. The zero-order valence-corrected chi connectivity index (χ0v) is 9.17. The normalized spacial score (nSPS) is 21.4. The van der Waals surface area contributed by atoms with E-state index in [-0.39, 0.29) is 5.82 Å². The average Bonchev–Trinajstić information content (AvgIpc) is 2.18. The first-order valence-electron chi connectivity index (χ1n) is 5.08. The highest BCUT2D eigenvalue weighted by molar-refractivity contribution is 6.31. The Morgan fingerprint density at radius 1 is 1.53 bits per heavy atom.